The van der Waals surface area contributed by atoms with Crippen LogP contribution in [0.25, 0.3) is 16.6 Å². The molecular weight excluding hydrogens is 1130 g/mol. The van der Waals surface area contributed by atoms with Crippen LogP contribution in [0.3, 0.4) is 0 Å². The van der Waals surface area contributed by atoms with Gasteiger partial charge in [-0.15, -0.1) is 5.10 Å². The van der Waals surface area contributed by atoms with Gasteiger partial charge in [-0.1, -0.05) is 66.3 Å². The molecule has 1 unspecified atom stereocenters. The average Bonchev–Trinajstić information content (AvgIpc) is 3.21. The molecular formula is C60H57ClN12O11S. The molecule has 2 fully saturated rings. The number of hydrogen-bond donors (Lipinski definition) is 4. The van der Waals surface area contributed by atoms with Crippen LogP contribution in [0, 0.1) is 27.4 Å². The number of fused-ring (bicyclic) bond motifs is 2. The monoisotopic (exact) mass is 1190 g/mol. The van der Waals surface area contributed by atoms with Crippen molar-refractivity contribution in [3.8, 4) is 23.3 Å². The van der Waals surface area contributed by atoms with Gasteiger partial charge in [-0.05, 0) is 103 Å². The first kappa shape index (κ1) is 57.5. The second kappa shape index (κ2) is 24.1. The quantitative estimate of drug-likeness (QED) is 0.0213. The van der Waals surface area contributed by atoms with E-state index >= 15 is 0 Å². The summed E-state index contributed by atoms with van der Waals surface area (Å²) in [5.74, 6) is 2.56. The summed E-state index contributed by atoms with van der Waals surface area (Å²) in [6, 6.07) is 23.4. The molecule has 0 saturated carbocycles. The van der Waals surface area contributed by atoms with Crippen molar-refractivity contribution in [1.82, 2.24) is 44.8 Å². The van der Waals surface area contributed by atoms with Gasteiger partial charge in [0.2, 0.25) is 11.8 Å². The number of aromatic amines is 1. The first-order valence-electron chi connectivity index (χ1n) is 27.5. The van der Waals surface area contributed by atoms with Crippen molar-refractivity contribution in [2.45, 2.75) is 70.0 Å². The molecule has 6 heterocycles. The predicted octanol–water partition coefficient (Wildman–Crippen LogP) is 7.49. The highest BCUT2D eigenvalue weighted by molar-refractivity contribution is 7.90. The number of hydrogen-bond acceptors (Lipinski definition) is 17. The lowest BCUT2D eigenvalue weighted by atomic mass is 9.72. The second-order valence-corrected chi connectivity index (χ2v) is 23.9. The molecule has 0 bridgehead atoms. The van der Waals surface area contributed by atoms with Crippen LogP contribution in [-0.2, 0) is 37.4 Å². The second-order valence-electron chi connectivity index (χ2n) is 21.8. The number of H-pyrrole nitrogens is 1. The average molecular weight is 1190 g/mol. The van der Waals surface area contributed by atoms with Crippen LogP contribution in [0.15, 0.2) is 120 Å². The van der Waals surface area contributed by atoms with E-state index < -0.39 is 61.1 Å². The lowest BCUT2D eigenvalue weighted by molar-refractivity contribution is -0.384. The molecule has 85 heavy (non-hydrogen) atoms. The molecule has 1 aliphatic carbocycles. The Morgan fingerprint density at radius 1 is 0.965 bits per heavy atom. The molecule has 1 atom stereocenters. The number of pyridine rings is 1. The van der Waals surface area contributed by atoms with Crippen molar-refractivity contribution < 1.29 is 46.8 Å². The molecule has 4 N–H and O–H groups in total. The molecule has 0 spiro atoms. The van der Waals surface area contributed by atoms with E-state index in [1.807, 2.05) is 18.2 Å². The number of anilines is 2. The lowest BCUT2D eigenvalue weighted by Crippen LogP contribution is -2.54. The van der Waals surface area contributed by atoms with Crippen LogP contribution in [0.5, 0.6) is 11.5 Å². The number of rotatable bonds is 18. The van der Waals surface area contributed by atoms with Crippen molar-refractivity contribution in [3.05, 3.63) is 164 Å². The van der Waals surface area contributed by atoms with Gasteiger partial charge >= 0.3 is 0 Å². The maximum atomic E-state index is 14.1. The van der Waals surface area contributed by atoms with Crippen molar-refractivity contribution in [2.24, 2.45) is 5.41 Å². The number of allylic oxidation sites excluding steroid dienone is 1. The Kier molecular flexibility index (Phi) is 16.3. The molecule has 4 aliphatic rings. The minimum absolute atomic E-state index is 0.00184. The molecule has 4 aromatic carbocycles. The number of aromatic nitrogens is 5. The smallest absolute Gasteiger partial charge is 0.293 e. The lowest BCUT2D eigenvalue weighted by Gasteiger charge is -2.39. The predicted molar refractivity (Wildman–Crippen MR) is 313 cm³/mol. The van der Waals surface area contributed by atoms with Gasteiger partial charge in [0.15, 0.2) is 0 Å². The number of carbonyl (C=O) groups excluding carboxylic acids is 5. The highest BCUT2D eigenvalue weighted by atomic mass is 35.5. The summed E-state index contributed by atoms with van der Waals surface area (Å²) in [4.78, 5) is 88.9. The maximum Gasteiger partial charge on any atom is 0.293 e. The van der Waals surface area contributed by atoms with Crippen molar-refractivity contribution in [3.63, 3.8) is 0 Å². The Morgan fingerprint density at radius 3 is 2.56 bits per heavy atom. The molecule has 3 aliphatic heterocycles. The van der Waals surface area contributed by atoms with Crippen LogP contribution >= 0.6 is 11.6 Å². The van der Waals surface area contributed by atoms with Crippen LogP contribution in [-0.4, -0.2) is 130 Å². The van der Waals surface area contributed by atoms with Crippen LogP contribution in [0.1, 0.15) is 93.8 Å². The third-order valence-corrected chi connectivity index (χ3v) is 17.0. The van der Waals surface area contributed by atoms with Crippen molar-refractivity contribution in [1.29, 1.82) is 0 Å². The third-order valence-electron chi connectivity index (χ3n) is 15.4. The minimum atomic E-state index is -4.70. The number of sulfonamides is 1. The maximum absolute atomic E-state index is 14.1. The van der Waals surface area contributed by atoms with E-state index in [-0.39, 0.29) is 78.3 Å². The number of imide groups is 2. The number of piperidine rings is 1. The highest BCUT2D eigenvalue weighted by Crippen LogP contribution is 2.44. The number of nitro groups is 1. The fraction of sp³-hybridized carbons (Fsp3) is 0.300. The number of amides is 5. The van der Waals surface area contributed by atoms with Gasteiger partial charge < -0.3 is 24.7 Å². The van der Waals surface area contributed by atoms with Gasteiger partial charge in [0.05, 0.1) is 58.6 Å². The Balaban J connectivity index is 0.709. The van der Waals surface area contributed by atoms with Gasteiger partial charge in [0, 0.05) is 79.1 Å². The largest absolute Gasteiger partial charge is 0.455 e. The highest BCUT2D eigenvalue weighted by Gasteiger charge is 2.45. The number of nitro benzene ring substituents is 1. The molecule has 23 nitrogen and oxygen atoms in total. The molecule has 0 radical (unpaired) electrons. The van der Waals surface area contributed by atoms with Crippen molar-refractivity contribution in [2.75, 3.05) is 56.2 Å². The normalized spacial score (nSPS) is 17.1. The van der Waals surface area contributed by atoms with Crippen molar-refractivity contribution >= 4 is 84.8 Å². The van der Waals surface area contributed by atoms with Gasteiger partial charge in [-0.25, -0.2) is 22.8 Å². The molecule has 2 saturated heterocycles. The molecule has 25 heteroatoms. The van der Waals surface area contributed by atoms with E-state index in [1.165, 1.54) is 45.8 Å². The number of nitrogens with zero attached hydrogens (tertiary/aromatic N) is 8. The molecule has 5 amide bonds. The van der Waals surface area contributed by atoms with E-state index in [1.54, 1.807) is 42.7 Å². The van der Waals surface area contributed by atoms with E-state index in [0.29, 0.717) is 35.2 Å². The zero-order valence-corrected chi connectivity index (χ0v) is 47.8. The summed E-state index contributed by atoms with van der Waals surface area (Å²) in [5, 5.41) is 27.1. The SMILES string of the molecule is CC1(C)CCC(CN2CCN(c3ccc(C(=O)NS(=O)(=O)c4ccc(NCc5cn(CCOCC#Cc6cccc7c6C(=O)N(C6CCC(=O)NC6=O)C7=O)nn5)c([N+](=O)[O-])c4)c(Oc4cnc5[nH]ccc5c4)c3)CC2)=C(c2ccc(Cl)cc2)C1. The Bertz CT molecular complexity index is 4050. The zero-order chi connectivity index (χ0) is 59.6. The van der Waals surface area contributed by atoms with E-state index in [0.717, 1.165) is 67.0 Å². The standard InChI is InChI=1S/C60H57ClN12O11S/c1-60(2)20-18-40(48(32-60)37-8-10-41(61)11-9-37)35-69-22-24-70(25-23-69)43-12-14-46(52(30-43)84-44-29-39-19-21-62-55(39)64-34-44)56(75)67-85(81,82)45-13-15-49(51(31-45)73(79)80)63-33-42-36-71(68-66-42)26-28-83-27-4-6-38-5-3-7-47-54(38)59(78)72(58(47)77)50-16-17-53(74)65-57(50)76/h3,5,7-15,19,21,29-31,34,36,50,63H,16-18,20,22-28,32-33,35H2,1-2H3,(H,62,64)(H,67,75)(H,65,74,76). The van der Waals surface area contributed by atoms with Gasteiger partial charge in [0.1, 0.15) is 41.2 Å². The first-order valence-corrected chi connectivity index (χ1v) is 29.3. The molecule has 7 aromatic rings. The fourth-order valence-electron chi connectivity index (χ4n) is 10.9. The Labute approximate surface area is 492 Å². The van der Waals surface area contributed by atoms with Gasteiger partial charge in [0.25, 0.3) is 33.4 Å². The van der Waals surface area contributed by atoms with Crippen LogP contribution in [0.2, 0.25) is 5.02 Å². The van der Waals surface area contributed by atoms with Gasteiger partial charge in [-0.3, -0.25) is 49.2 Å². The van der Waals surface area contributed by atoms with Crippen LogP contribution in [0.4, 0.5) is 17.1 Å². The fourth-order valence-corrected chi connectivity index (χ4v) is 12.1. The Hall–Kier alpha value is -9.28. The number of halogens is 1. The van der Waals surface area contributed by atoms with Gasteiger partial charge in [-0.2, -0.15) is 0 Å². The molecule has 3 aromatic heterocycles. The summed E-state index contributed by atoms with van der Waals surface area (Å²) in [5.41, 5.74) is 5.74. The topological polar surface area (TPSA) is 286 Å². The van der Waals surface area contributed by atoms with E-state index in [9.17, 15) is 42.5 Å². The Morgan fingerprint density at radius 2 is 1.78 bits per heavy atom. The molecule has 11 rings (SSSR count). The van der Waals surface area contributed by atoms with Crippen LogP contribution < -0.4 is 25.0 Å². The molecule has 436 valence electrons. The first-order chi connectivity index (χ1) is 40.9. The summed E-state index contributed by atoms with van der Waals surface area (Å²) in [7, 11) is -4.70. The van der Waals surface area contributed by atoms with E-state index in [2.05, 4.69) is 83.3 Å². The zero-order valence-electron chi connectivity index (χ0n) is 46.2. The summed E-state index contributed by atoms with van der Waals surface area (Å²) in [6.07, 6.45) is 7.94. The summed E-state index contributed by atoms with van der Waals surface area (Å²) < 4.78 is 43.4. The number of piperazine rings is 1. The number of benzene rings is 4. The third kappa shape index (κ3) is 12.8. The number of carbonyl (C=O) groups is 5. The number of ether oxygens (including phenoxy) is 2. The van der Waals surface area contributed by atoms with E-state index in [4.69, 9.17) is 21.1 Å². The number of nitrogens with one attached hydrogen (secondary N) is 4. The summed E-state index contributed by atoms with van der Waals surface area (Å²) in [6.45, 7) is 8.69. The minimum Gasteiger partial charge on any atom is -0.455 e. The summed E-state index contributed by atoms with van der Waals surface area (Å²) >= 11 is 6.26.